The minimum Gasteiger partial charge on any atom is -0.372 e. The summed E-state index contributed by atoms with van der Waals surface area (Å²) < 4.78 is 25.0. The zero-order chi connectivity index (χ0) is 18.0. The van der Waals surface area contributed by atoms with E-state index in [2.05, 4.69) is 4.98 Å². The number of carbonyl (C=O) groups is 1. The molecule has 0 aliphatic carbocycles. The molecule has 6 heteroatoms. The third kappa shape index (κ3) is 3.61. The second kappa shape index (κ2) is 7.13. The molecule has 0 saturated carbocycles. The molecule has 2 saturated heterocycles. The molecule has 136 valence electrons. The number of amides is 1. The molecule has 2 aliphatic rings. The van der Waals surface area contributed by atoms with Gasteiger partial charge in [0.1, 0.15) is 11.4 Å². The Morgan fingerprint density at radius 2 is 2.08 bits per heavy atom. The van der Waals surface area contributed by atoms with Gasteiger partial charge in [-0.3, -0.25) is 9.78 Å². The number of ether oxygens (including phenoxy) is 2. The van der Waals surface area contributed by atoms with E-state index < -0.39 is 0 Å². The minimum atomic E-state index is -0.342. The maximum Gasteiger partial charge on any atom is 0.254 e. The van der Waals surface area contributed by atoms with Gasteiger partial charge in [0.25, 0.3) is 5.91 Å². The van der Waals surface area contributed by atoms with Crippen molar-refractivity contribution in [3.63, 3.8) is 0 Å². The van der Waals surface area contributed by atoms with Crippen LogP contribution in [0, 0.1) is 5.82 Å². The zero-order valence-corrected chi connectivity index (χ0v) is 14.4. The molecule has 1 amide bonds. The molecule has 3 heterocycles. The summed E-state index contributed by atoms with van der Waals surface area (Å²) in [6.07, 6.45) is 3.48. The fraction of sp³-hybridized carbons (Fsp3) is 0.400. The Bertz CT molecular complexity index is 760. The van der Waals surface area contributed by atoms with E-state index in [-0.39, 0.29) is 23.4 Å². The topological polar surface area (TPSA) is 51.7 Å². The van der Waals surface area contributed by atoms with Gasteiger partial charge in [0.05, 0.1) is 31.5 Å². The number of pyridine rings is 1. The maximum atomic E-state index is 13.0. The van der Waals surface area contributed by atoms with Crippen LogP contribution in [0.4, 0.5) is 4.39 Å². The van der Waals surface area contributed by atoms with Gasteiger partial charge in [0.2, 0.25) is 0 Å². The Kier molecular flexibility index (Phi) is 4.70. The Labute approximate surface area is 151 Å². The summed E-state index contributed by atoms with van der Waals surface area (Å²) in [6, 6.07) is 11.4. The molecule has 5 nitrogen and oxygen atoms in total. The first-order chi connectivity index (χ1) is 12.6. The normalized spacial score (nSPS) is 21.4. The van der Waals surface area contributed by atoms with Crippen molar-refractivity contribution >= 4 is 5.91 Å². The van der Waals surface area contributed by atoms with Crippen LogP contribution in [-0.2, 0) is 16.1 Å². The number of halogens is 1. The fourth-order valence-electron chi connectivity index (χ4n) is 3.60. The van der Waals surface area contributed by atoms with E-state index in [1.165, 1.54) is 24.3 Å². The highest BCUT2D eigenvalue weighted by Crippen LogP contribution is 2.36. The first-order valence-corrected chi connectivity index (χ1v) is 8.84. The standard InChI is InChI=1S/C20H21FN2O3/c21-16-6-4-15(5-7-16)19(24)23-13-20(14-23)11-18(8-10-26-20)25-12-17-3-1-2-9-22-17/h1-7,9,18H,8,10-14H2/t18-/m1/s1. The molecule has 2 fully saturated rings. The van der Waals surface area contributed by atoms with Crippen LogP contribution in [-0.4, -0.2) is 47.2 Å². The van der Waals surface area contributed by atoms with E-state index in [4.69, 9.17) is 9.47 Å². The Hall–Kier alpha value is -2.31. The lowest BCUT2D eigenvalue weighted by Crippen LogP contribution is -2.67. The van der Waals surface area contributed by atoms with E-state index in [9.17, 15) is 9.18 Å². The molecule has 26 heavy (non-hydrogen) atoms. The van der Waals surface area contributed by atoms with E-state index in [0.717, 1.165) is 18.5 Å². The van der Waals surface area contributed by atoms with Crippen molar-refractivity contribution in [2.75, 3.05) is 19.7 Å². The van der Waals surface area contributed by atoms with Gasteiger partial charge in [-0.25, -0.2) is 4.39 Å². The quantitative estimate of drug-likeness (QED) is 0.845. The Morgan fingerprint density at radius 1 is 1.27 bits per heavy atom. The van der Waals surface area contributed by atoms with Gasteiger partial charge in [0, 0.05) is 24.8 Å². The van der Waals surface area contributed by atoms with Crippen LogP contribution < -0.4 is 0 Å². The second-order valence-corrected chi connectivity index (χ2v) is 6.95. The van der Waals surface area contributed by atoms with E-state index >= 15 is 0 Å². The SMILES string of the molecule is O=C(c1ccc(F)cc1)N1CC2(C[C@H](OCc3ccccn3)CCO2)C1. The summed E-state index contributed by atoms with van der Waals surface area (Å²) in [5.74, 6) is -0.430. The largest absolute Gasteiger partial charge is 0.372 e. The lowest BCUT2D eigenvalue weighted by molar-refractivity contribution is -0.188. The molecule has 0 bridgehead atoms. The predicted octanol–water partition coefficient (Wildman–Crippen LogP) is 2.81. The number of hydrogen-bond donors (Lipinski definition) is 0. The molecule has 1 aromatic carbocycles. The van der Waals surface area contributed by atoms with Crippen LogP contribution in [0.2, 0.25) is 0 Å². The summed E-state index contributed by atoms with van der Waals surface area (Å²) in [5.41, 5.74) is 1.10. The van der Waals surface area contributed by atoms with Crippen LogP contribution in [0.25, 0.3) is 0 Å². The predicted molar refractivity (Wildman–Crippen MR) is 93.0 cm³/mol. The molecule has 0 N–H and O–H groups in total. The molecular formula is C20H21FN2O3. The number of aromatic nitrogens is 1. The average molecular weight is 356 g/mol. The maximum absolute atomic E-state index is 13.0. The Morgan fingerprint density at radius 3 is 2.81 bits per heavy atom. The smallest absolute Gasteiger partial charge is 0.254 e. The molecule has 1 aromatic heterocycles. The van der Waals surface area contributed by atoms with Crippen LogP contribution in [0.1, 0.15) is 28.9 Å². The Balaban J connectivity index is 1.31. The van der Waals surface area contributed by atoms with Gasteiger partial charge in [-0.2, -0.15) is 0 Å². The molecular weight excluding hydrogens is 335 g/mol. The molecule has 1 spiro atoms. The molecule has 0 radical (unpaired) electrons. The number of carbonyl (C=O) groups excluding carboxylic acids is 1. The first-order valence-electron chi connectivity index (χ1n) is 8.84. The van der Waals surface area contributed by atoms with Gasteiger partial charge < -0.3 is 14.4 Å². The molecule has 0 unspecified atom stereocenters. The number of nitrogens with zero attached hydrogens (tertiary/aromatic N) is 2. The second-order valence-electron chi connectivity index (χ2n) is 6.95. The number of likely N-dealkylation sites (tertiary alicyclic amines) is 1. The van der Waals surface area contributed by atoms with Gasteiger partial charge in [-0.15, -0.1) is 0 Å². The highest BCUT2D eigenvalue weighted by Gasteiger charge is 2.49. The number of hydrogen-bond acceptors (Lipinski definition) is 4. The van der Waals surface area contributed by atoms with Crippen LogP contribution >= 0.6 is 0 Å². The van der Waals surface area contributed by atoms with Gasteiger partial charge in [-0.1, -0.05) is 6.07 Å². The van der Waals surface area contributed by atoms with Gasteiger partial charge in [0.15, 0.2) is 0 Å². The van der Waals surface area contributed by atoms with Crippen molar-refractivity contribution in [3.05, 3.63) is 65.7 Å². The fourth-order valence-corrected chi connectivity index (χ4v) is 3.60. The van der Waals surface area contributed by atoms with Crippen molar-refractivity contribution in [1.29, 1.82) is 0 Å². The number of benzene rings is 1. The summed E-state index contributed by atoms with van der Waals surface area (Å²) in [7, 11) is 0. The third-order valence-corrected chi connectivity index (χ3v) is 4.98. The van der Waals surface area contributed by atoms with Crippen LogP contribution in [0.5, 0.6) is 0 Å². The van der Waals surface area contributed by atoms with Crippen molar-refractivity contribution in [1.82, 2.24) is 9.88 Å². The zero-order valence-electron chi connectivity index (χ0n) is 14.4. The van der Waals surface area contributed by atoms with Crippen molar-refractivity contribution in [2.24, 2.45) is 0 Å². The lowest BCUT2D eigenvalue weighted by atomic mass is 9.84. The third-order valence-electron chi connectivity index (χ3n) is 4.98. The van der Waals surface area contributed by atoms with Crippen molar-refractivity contribution in [2.45, 2.75) is 31.2 Å². The number of rotatable bonds is 4. The minimum absolute atomic E-state index is 0.0873. The summed E-state index contributed by atoms with van der Waals surface area (Å²) in [4.78, 5) is 18.5. The van der Waals surface area contributed by atoms with Crippen LogP contribution in [0.15, 0.2) is 48.7 Å². The van der Waals surface area contributed by atoms with E-state index in [0.29, 0.717) is 31.9 Å². The van der Waals surface area contributed by atoms with E-state index in [1.807, 2.05) is 18.2 Å². The summed E-state index contributed by atoms with van der Waals surface area (Å²) in [5, 5.41) is 0. The highest BCUT2D eigenvalue weighted by atomic mass is 19.1. The summed E-state index contributed by atoms with van der Waals surface area (Å²) >= 11 is 0. The molecule has 4 rings (SSSR count). The molecule has 2 aromatic rings. The van der Waals surface area contributed by atoms with Crippen molar-refractivity contribution in [3.8, 4) is 0 Å². The lowest BCUT2D eigenvalue weighted by Gasteiger charge is -2.53. The molecule has 2 aliphatic heterocycles. The van der Waals surface area contributed by atoms with Gasteiger partial charge >= 0.3 is 0 Å². The average Bonchev–Trinajstić information content (AvgIpc) is 2.65. The first kappa shape index (κ1) is 17.1. The molecule has 1 atom stereocenters. The highest BCUT2D eigenvalue weighted by molar-refractivity contribution is 5.94. The van der Waals surface area contributed by atoms with Crippen LogP contribution in [0.3, 0.4) is 0 Å². The van der Waals surface area contributed by atoms with E-state index in [1.54, 1.807) is 11.1 Å². The monoisotopic (exact) mass is 356 g/mol. The van der Waals surface area contributed by atoms with Gasteiger partial charge in [-0.05, 0) is 42.8 Å². The summed E-state index contributed by atoms with van der Waals surface area (Å²) in [6.45, 7) is 2.21. The van der Waals surface area contributed by atoms with Crippen molar-refractivity contribution < 1.29 is 18.7 Å².